The lowest BCUT2D eigenvalue weighted by Gasteiger charge is -2.14. The molecule has 1 aliphatic rings. The molecule has 3 rings (SSSR count). The molecule has 96 valence electrons. The number of benzene rings is 1. The number of hydrogen-bond donors (Lipinski definition) is 0. The number of aromatic nitrogens is 1. The Morgan fingerprint density at radius 1 is 1.17 bits per heavy atom. The van der Waals surface area contributed by atoms with Crippen molar-refractivity contribution in [2.45, 2.75) is 25.6 Å². The first-order chi connectivity index (χ1) is 8.83. The summed E-state index contributed by atoms with van der Waals surface area (Å²) in [5.74, 6) is 0. The van der Waals surface area contributed by atoms with Crippen molar-refractivity contribution in [3.63, 3.8) is 0 Å². The Bertz CT molecular complexity index is 520. The van der Waals surface area contributed by atoms with Gasteiger partial charge in [-0.15, -0.1) is 0 Å². The van der Waals surface area contributed by atoms with Gasteiger partial charge >= 0.3 is 0 Å². The first-order valence-electron chi connectivity index (χ1n) is 6.73. The number of fused-ring (bicyclic) bond motifs is 1. The molecule has 3 heteroatoms. The Morgan fingerprint density at radius 3 is 2.89 bits per heavy atom. The lowest BCUT2D eigenvalue weighted by Crippen LogP contribution is -2.23. The summed E-state index contributed by atoms with van der Waals surface area (Å²) in [7, 11) is 0. The zero-order chi connectivity index (χ0) is 12.4. The molecule has 0 bridgehead atoms. The van der Waals surface area contributed by atoms with E-state index in [1.807, 2.05) is 0 Å². The third-order valence-corrected chi connectivity index (χ3v) is 3.77. The van der Waals surface area contributed by atoms with Crippen LogP contribution in [-0.4, -0.2) is 35.3 Å². The maximum Gasteiger partial charge on any atom is 0.114 e. The summed E-state index contributed by atoms with van der Waals surface area (Å²) in [4.78, 5) is 2.23. The molecular weight excluding hydrogens is 227 g/mol. The molecule has 2 aromatic rings. The Balaban J connectivity index is 1.57. The van der Waals surface area contributed by atoms with Crippen LogP contribution in [0.5, 0.6) is 0 Å². The van der Waals surface area contributed by atoms with Gasteiger partial charge in [-0.1, -0.05) is 18.2 Å². The summed E-state index contributed by atoms with van der Waals surface area (Å²) in [6.45, 7) is 3.58. The highest BCUT2D eigenvalue weighted by Gasteiger charge is 2.20. The molecule has 0 aliphatic carbocycles. The highest BCUT2D eigenvalue weighted by Crippen LogP contribution is 2.16. The maximum absolute atomic E-state index is 13.0. The molecule has 1 fully saturated rings. The van der Waals surface area contributed by atoms with Crippen LogP contribution < -0.4 is 0 Å². The van der Waals surface area contributed by atoms with E-state index < -0.39 is 6.17 Å². The number of aryl methyl sites for hydroxylation is 1. The molecule has 1 aliphatic heterocycles. The zero-order valence-electron chi connectivity index (χ0n) is 10.6. The molecule has 18 heavy (non-hydrogen) atoms. The SMILES string of the molecule is F[C@H]1CCN(CCCn2ccc3ccccc32)C1. The van der Waals surface area contributed by atoms with Gasteiger partial charge in [-0.25, -0.2) is 4.39 Å². The van der Waals surface area contributed by atoms with Gasteiger partial charge in [0.15, 0.2) is 0 Å². The van der Waals surface area contributed by atoms with E-state index >= 15 is 0 Å². The fourth-order valence-electron chi connectivity index (χ4n) is 2.79. The van der Waals surface area contributed by atoms with Crippen LogP contribution in [0.1, 0.15) is 12.8 Å². The second-order valence-corrected chi connectivity index (χ2v) is 5.11. The van der Waals surface area contributed by atoms with Crippen molar-refractivity contribution in [3.8, 4) is 0 Å². The van der Waals surface area contributed by atoms with E-state index in [1.165, 1.54) is 10.9 Å². The number of para-hydroxylation sites is 1. The van der Waals surface area contributed by atoms with Gasteiger partial charge in [0.2, 0.25) is 0 Å². The van der Waals surface area contributed by atoms with Crippen LogP contribution in [0, 0.1) is 0 Å². The molecule has 0 amide bonds. The molecule has 0 unspecified atom stereocenters. The van der Waals surface area contributed by atoms with Crippen molar-refractivity contribution < 1.29 is 4.39 Å². The van der Waals surface area contributed by atoms with Crippen molar-refractivity contribution in [1.82, 2.24) is 9.47 Å². The lowest BCUT2D eigenvalue weighted by molar-refractivity contribution is 0.282. The Labute approximate surface area is 107 Å². The van der Waals surface area contributed by atoms with Crippen LogP contribution in [0.4, 0.5) is 4.39 Å². The smallest absolute Gasteiger partial charge is 0.114 e. The minimum Gasteiger partial charge on any atom is -0.347 e. The average molecular weight is 246 g/mol. The van der Waals surface area contributed by atoms with Crippen LogP contribution >= 0.6 is 0 Å². The summed E-state index contributed by atoms with van der Waals surface area (Å²) >= 11 is 0. The monoisotopic (exact) mass is 246 g/mol. The third-order valence-electron chi connectivity index (χ3n) is 3.77. The molecule has 1 atom stereocenters. The standard InChI is InChI=1S/C15H19FN2/c16-14-7-10-17(12-14)8-3-9-18-11-6-13-4-1-2-5-15(13)18/h1-2,4-6,11,14H,3,7-10,12H2/t14-/m0/s1. The minimum absolute atomic E-state index is 0.600. The van der Waals surface area contributed by atoms with Gasteiger partial charge in [0.1, 0.15) is 6.17 Å². The molecule has 0 spiro atoms. The molecule has 0 N–H and O–H groups in total. The number of halogens is 1. The zero-order valence-corrected chi connectivity index (χ0v) is 10.6. The number of hydrogen-bond acceptors (Lipinski definition) is 1. The van der Waals surface area contributed by atoms with E-state index in [0.29, 0.717) is 13.0 Å². The number of rotatable bonds is 4. The Kier molecular flexibility index (Phi) is 3.33. The van der Waals surface area contributed by atoms with E-state index in [9.17, 15) is 4.39 Å². The van der Waals surface area contributed by atoms with Crippen LogP contribution in [0.2, 0.25) is 0 Å². The molecule has 1 saturated heterocycles. The van der Waals surface area contributed by atoms with E-state index in [0.717, 1.165) is 26.1 Å². The molecule has 2 nitrogen and oxygen atoms in total. The van der Waals surface area contributed by atoms with E-state index in [1.54, 1.807) is 0 Å². The van der Waals surface area contributed by atoms with Crippen LogP contribution in [0.25, 0.3) is 10.9 Å². The summed E-state index contributed by atoms with van der Waals surface area (Å²) in [5.41, 5.74) is 1.29. The second kappa shape index (κ2) is 5.11. The lowest BCUT2D eigenvalue weighted by atomic mass is 10.2. The van der Waals surface area contributed by atoms with Crippen molar-refractivity contribution in [1.29, 1.82) is 0 Å². The fraction of sp³-hybridized carbons (Fsp3) is 0.467. The predicted octanol–water partition coefficient (Wildman–Crippen LogP) is 3.08. The first kappa shape index (κ1) is 11.7. The van der Waals surface area contributed by atoms with E-state index in [-0.39, 0.29) is 0 Å². The average Bonchev–Trinajstić information content (AvgIpc) is 2.97. The highest BCUT2D eigenvalue weighted by molar-refractivity contribution is 5.79. The van der Waals surface area contributed by atoms with Crippen LogP contribution in [0.15, 0.2) is 36.5 Å². The van der Waals surface area contributed by atoms with Gasteiger partial charge in [0, 0.05) is 31.3 Å². The van der Waals surface area contributed by atoms with Gasteiger partial charge in [-0.3, -0.25) is 0 Å². The second-order valence-electron chi connectivity index (χ2n) is 5.11. The largest absolute Gasteiger partial charge is 0.347 e. The van der Waals surface area contributed by atoms with Crippen LogP contribution in [0.3, 0.4) is 0 Å². The van der Waals surface area contributed by atoms with Crippen molar-refractivity contribution >= 4 is 10.9 Å². The quantitative estimate of drug-likeness (QED) is 0.805. The van der Waals surface area contributed by atoms with Gasteiger partial charge in [-0.2, -0.15) is 0 Å². The Hall–Kier alpha value is -1.35. The third kappa shape index (κ3) is 2.41. The van der Waals surface area contributed by atoms with Gasteiger partial charge in [0.25, 0.3) is 0 Å². The minimum atomic E-state index is -0.600. The van der Waals surface area contributed by atoms with Gasteiger partial charge in [0.05, 0.1) is 0 Å². The number of likely N-dealkylation sites (tertiary alicyclic amines) is 1. The van der Waals surface area contributed by atoms with E-state index in [4.69, 9.17) is 0 Å². The van der Waals surface area contributed by atoms with Crippen molar-refractivity contribution in [2.24, 2.45) is 0 Å². The topological polar surface area (TPSA) is 8.17 Å². The fourth-order valence-corrected chi connectivity index (χ4v) is 2.79. The summed E-state index contributed by atoms with van der Waals surface area (Å²) in [6, 6.07) is 10.6. The molecule has 1 aromatic carbocycles. The predicted molar refractivity (Wildman–Crippen MR) is 72.5 cm³/mol. The molecule has 1 aromatic heterocycles. The summed E-state index contributed by atoms with van der Waals surface area (Å²) in [6.07, 6.45) is 3.35. The molecule has 0 saturated carbocycles. The first-order valence-corrected chi connectivity index (χ1v) is 6.73. The van der Waals surface area contributed by atoms with Crippen molar-refractivity contribution in [3.05, 3.63) is 36.5 Å². The Morgan fingerprint density at radius 2 is 2.06 bits per heavy atom. The van der Waals surface area contributed by atoms with Crippen molar-refractivity contribution in [2.75, 3.05) is 19.6 Å². The number of nitrogens with zero attached hydrogens (tertiary/aromatic N) is 2. The molecule has 0 radical (unpaired) electrons. The molecular formula is C15H19FN2. The normalized spacial score (nSPS) is 20.8. The molecule has 2 heterocycles. The van der Waals surface area contributed by atoms with E-state index in [2.05, 4.69) is 46.0 Å². The maximum atomic E-state index is 13.0. The van der Waals surface area contributed by atoms with Gasteiger partial charge < -0.3 is 9.47 Å². The highest BCUT2D eigenvalue weighted by atomic mass is 19.1. The number of alkyl halides is 1. The summed E-state index contributed by atoms with van der Waals surface area (Å²) < 4.78 is 15.3. The van der Waals surface area contributed by atoms with Crippen LogP contribution in [-0.2, 0) is 6.54 Å². The summed E-state index contributed by atoms with van der Waals surface area (Å²) in [5, 5.41) is 1.29. The van der Waals surface area contributed by atoms with Gasteiger partial charge in [-0.05, 0) is 36.9 Å².